The maximum absolute atomic E-state index is 13.2. The van der Waals surface area contributed by atoms with E-state index in [1.54, 1.807) is 0 Å². The third-order valence-corrected chi connectivity index (χ3v) is 5.75. The number of ether oxygens (including phenoxy) is 1. The molecule has 162 valence electrons. The maximum Gasteiger partial charge on any atom is 0.255 e. The van der Waals surface area contributed by atoms with Crippen LogP contribution in [0.15, 0.2) is 60.8 Å². The van der Waals surface area contributed by atoms with Gasteiger partial charge >= 0.3 is 0 Å². The summed E-state index contributed by atoms with van der Waals surface area (Å²) in [5.41, 5.74) is 4.59. The quantitative estimate of drug-likeness (QED) is 0.639. The van der Waals surface area contributed by atoms with E-state index in [0.29, 0.717) is 24.3 Å². The predicted molar refractivity (Wildman–Crippen MR) is 122 cm³/mol. The molecular formula is C25H30N4O2. The van der Waals surface area contributed by atoms with Crippen LogP contribution in [0.5, 0.6) is 0 Å². The molecule has 0 spiro atoms. The largest absolute Gasteiger partial charge is 0.379 e. The van der Waals surface area contributed by atoms with E-state index in [4.69, 9.17) is 9.84 Å². The molecular weight excluding hydrogens is 388 g/mol. The molecule has 3 aromatic rings. The van der Waals surface area contributed by atoms with E-state index in [0.717, 1.165) is 37.4 Å². The molecule has 1 N–H and O–H groups in total. The fourth-order valence-electron chi connectivity index (χ4n) is 3.85. The number of amides is 1. The van der Waals surface area contributed by atoms with Crippen LogP contribution in [0.3, 0.4) is 0 Å². The SMILES string of the molecule is Cc1ccc(-c2nn(Cc3ccccc3)cc2C(=O)NCC(C)N2CCOCC2)cc1. The molecule has 1 aliphatic rings. The molecule has 1 aliphatic heterocycles. The lowest BCUT2D eigenvalue weighted by atomic mass is 10.1. The number of benzene rings is 2. The van der Waals surface area contributed by atoms with Crippen LogP contribution in [0.1, 0.15) is 28.4 Å². The van der Waals surface area contributed by atoms with Gasteiger partial charge in [-0.3, -0.25) is 14.4 Å². The van der Waals surface area contributed by atoms with Crippen molar-refractivity contribution < 1.29 is 9.53 Å². The van der Waals surface area contributed by atoms with Crippen molar-refractivity contribution in [2.75, 3.05) is 32.8 Å². The Kier molecular flexibility index (Phi) is 6.79. The fraction of sp³-hybridized carbons (Fsp3) is 0.360. The average molecular weight is 419 g/mol. The van der Waals surface area contributed by atoms with Gasteiger partial charge in [0.15, 0.2) is 0 Å². The monoisotopic (exact) mass is 418 g/mol. The second kappa shape index (κ2) is 9.90. The summed E-state index contributed by atoms with van der Waals surface area (Å²) in [5, 5.41) is 7.89. The second-order valence-corrected chi connectivity index (χ2v) is 8.15. The van der Waals surface area contributed by atoms with Crippen molar-refractivity contribution in [3.05, 3.63) is 77.5 Å². The molecule has 6 heteroatoms. The Bertz CT molecular complexity index is 992. The molecule has 1 atom stereocenters. The number of aryl methyl sites for hydroxylation is 1. The topological polar surface area (TPSA) is 59.4 Å². The highest BCUT2D eigenvalue weighted by Gasteiger charge is 2.21. The molecule has 31 heavy (non-hydrogen) atoms. The number of hydrogen-bond acceptors (Lipinski definition) is 4. The molecule has 0 saturated carbocycles. The van der Waals surface area contributed by atoms with E-state index in [-0.39, 0.29) is 11.9 Å². The molecule has 6 nitrogen and oxygen atoms in total. The first-order valence-corrected chi connectivity index (χ1v) is 10.9. The van der Waals surface area contributed by atoms with Gasteiger partial charge in [0.2, 0.25) is 0 Å². The van der Waals surface area contributed by atoms with Crippen molar-refractivity contribution in [2.24, 2.45) is 0 Å². The number of aromatic nitrogens is 2. The highest BCUT2D eigenvalue weighted by molar-refractivity contribution is 5.99. The molecule has 2 heterocycles. The van der Waals surface area contributed by atoms with Gasteiger partial charge in [-0.2, -0.15) is 5.10 Å². The molecule has 1 aromatic heterocycles. The van der Waals surface area contributed by atoms with Gasteiger partial charge in [0.05, 0.1) is 25.3 Å². The first kappa shape index (κ1) is 21.3. The summed E-state index contributed by atoms with van der Waals surface area (Å²) >= 11 is 0. The van der Waals surface area contributed by atoms with Gasteiger partial charge in [-0.05, 0) is 19.4 Å². The van der Waals surface area contributed by atoms with Crippen LogP contribution in [0.2, 0.25) is 0 Å². The van der Waals surface area contributed by atoms with Crippen molar-refractivity contribution in [3.8, 4) is 11.3 Å². The van der Waals surface area contributed by atoms with E-state index in [1.807, 2.05) is 53.3 Å². The predicted octanol–water partition coefficient (Wildman–Crippen LogP) is 3.36. The average Bonchev–Trinajstić information content (AvgIpc) is 3.23. The Balaban J connectivity index is 1.53. The van der Waals surface area contributed by atoms with Gasteiger partial charge in [0.1, 0.15) is 5.69 Å². The third kappa shape index (κ3) is 5.40. The van der Waals surface area contributed by atoms with E-state index < -0.39 is 0 Å². The van der Waals surface area contributed by atoms with Crippen LogP contribution in [0.25, 0.3) is 11.3 Å². The van der Waals surface area contributed by atoms with Gasteiger partial charge < -0.3 is 10.1 Å². The van der Waals surface area contributed by atoms with Gasteiger partial charge in [0.25, 0.3) is 5.91 Å². The summed E-state index contributed by atoms with van der Waals surface area (Å²) in [5.74, 6) is -0.0880. The van der Waals surface area contributed by atoms with Crippen molar-refractivity contribution in [1.82, 2.24) is 20.0 Å². The molecule has 0 aliphatic carbocycles. The molecule has 2 aromatic carbocycles. The van der Waals surface area contributed by atoms with E-state index in [9.17, 15) is 4.79 Å². The maximum atomic E-state index is 13.2. The summed E-state index contributed by atoms with van der Waals surface area (Å²) in [6.07, 6.45) is 1.86. The van der Waals surface area contributed by atoms with Crippen LogP contribution < -0.4 is 5.32 Å². The lowest BCUT2D eigenvalue weighted by Crippen LogP contribution is -2.47. The minimum absolute atomic E-state index is 0.0880. The number of carbonyl (C=O) groups is 1. The van der Waals surface area contributed by atoms with Gasteiger partial charge in [-0.1, -0.05) is 60.2 Å². The number of nitrogens with one attached hydrogen (secondary N) is 1. The normalized spacial score (nSPS) is 15.5. The summed E-state index contributed by atoms with van der Waals surface area (Å²) in [7, 11) is 0. The molecule has 0 bridgehead atoms. The summed E-state index contributed by atoms with van der Waals surface area (Å²) in [4.78, 5) is 15.5. The molecule has 1 unspecified atom stereocenters. The number of hydrogen-bond donors (Lipinski definition) is 1. The highest BCUT2D eigenvalue weighted by atomic mass is 16.5. The Morgan fingerprint density at radius 3 is 2.52 bits per heavy atom. The van der Waals surface area contributed by atoms with E-state index in [2.05, 4.69) is 36.2 Å². The number of carbonyl (C=O) groups excluding carboxylic acids is 1. The van der Waals surface area contributed by atoms with Crippen molar-refractivity contribution in [1.29, 1.82) is 0 Å². The van der Waals surface area contributed by atoms with Gasteiger partial charge in [0, 0.05) is 37.4 Å². The Morgan fingerprint density at radius 1 is 1.10 bits per heavy atom. The second-order valence-electron chi connectivity index (χ2n) is 8.15. The lowest BCUT2D eigenvalue weighted by Gasteiger charge is -2.32. The Morgan fingerprint density at radius 2 is 1.81 bits per heavy atom. The first-order chi connectivity index (χ1) is 15.1. The smallest absolute Gasteiger partial charge is 0.255 e. The van der Waals surface area contributed by atoms with Crippen molar-refractivity contribution in [3.63, 3.8) is 0 Å². The Hall–Kier alpha value is -2.96. The third-order valence-electron chi connectivity index (χ3n) is 5.75. The standard InChI is InChI=1S/C25H30N4O2/c1-19-8-10-22(11-9-19)24-23(18-29(27-24)17-21-6-4-3-5-7-21)25(30)26-16-20(2)28-12-14-31-15-13-28/h3-11,18,20H,12-17H2,1-2H3,(H,26,30). The van der Waals surface area contributed by atoms with Crippen molar-refractivity contribution >= 4 is 5.91 Å². The molecule has 1 saturated heterocycles. The zero-order chi connectivity index (χ0) is 21.6. The van der Waals surface area contributed by atoms with E-state index in [1.165, 1.54) is 5.56 Å². The van der Waals surface area contributed by atoms with Gasteiger partial charge in [-0.15, -0.1) is 0 Å². The highest BCUT2D eigenvalue weighted by Crippen LogP contribution is 2.23. The fourth-order valence-corrected chi connectivity index (χ4v) is 3.85. The number of nitrogens with zero attached hydrogens (tertiary/aromatic N) is 3. The molecule has 0 radical (unpaired) electrons. The number of morpholine rings is 1. The summed E-state index contributed by atoms with van der Waals surface area (Å²) in [6, 6.07) is 18.6. The van der Waals surface area contributed by atoms with Crippen LogP contribution in [0, 0.1) is 6.92 Å². The molecule has 1 amide bonds. The van der Waals surface area contributed by atoms with Gasteiger partial charge in [-0.25, -0.2) is 0 Å². The molecule has 4 rings (SSSR count). The van der Waals surface area contributed by atoms with E-state index >= 15 is 0 Å². The van der Waals surface area contributed by atoms with Crippen molar-refractivity contribution in [2.45, 2.75) is 26.4 Å². The summed E-state index contributed by atoms with van der Waals surface area (Å²) in [6.45, 7) is 8.72. The van der Waals surface area contributed by atoms with Crippen LogP contribution in [-0.2, 0) is 11.3 Å². The van der Waals surface area contributed by atoms with Crippen LogP contribution in [-0.4, -0.2) is 59.5 Å². The zero-order valence-electron chi connectivity index (χ0n) is 18.3. The lowest BCUT2D eigenvalue weighted by molar-refractivity contribution is 0.0204. The summed E-state index contributed by atoms with van der Waals surface area (Å²) < 4.78 is 7.28. The first-order valence-electron chi connectivity index (χ1n) is 10.9. The zero-order valence-corrected chi connectivity index (χ0v) is 18.3. The molecule has 1 fully saturated rings. The number of rotatable bonds is 7. The van der Waals surface area contributed by atoms with Crippen LogP contribution >= 0.6 is 0 Å². The minimum atomic E-state index is -0.0880. The van der Waals surface area contributed by atoms with Crippen LogP contribution in [0.4, 0.5) is 0 Å². The minimum Gasteiger partial charge on any atom is -0.379 e. The Labute approximate surface area is 183 Å².